The Labute approximate surface area is 279 Å². The number of nitrogens with zero attached hydrogens (tertiary/aromatic N) is 8. The molecule has 0 aliphatic carbocycles. The first-order valence-electron chi connectivity index (χ1n) is 16.4. The molecule has 47 heavy (non-hydrogen) atoms. The van der Waals surface area contributed by atoms with Gasteiger partial charge < -0.3 is 19.9 Å². The number of aromatic nitrogens is 6. The zero-order chi connectivity index (χ0) is 32.5. The van der Waals surface area contributed by atoms with Crippen molar-refractivity contribution in [1.29, 1.82) is 0 Å². The molecule has 246 valence electrons. The van der Waals surface area contributed by atoms with E-state index in [4.69, 9.17) is 21.3 Å². The summed E-state index contributed by atoms with van der Waals surface area (Å²) in [4.78, 5) is 30.2. The van der Waals surface area contributed by atoms with Crippen LogP contribution < -0.4 is 15.0 Å². The van der Waals surface area contributed by atoms with E-state index in [1.54, 1.807) is 18.5 Å². The molecule has 2 N–H and O–H groups in total. The topological polar surface area (TPSA) is 120 Å². The second kappa shape index (κ2) is 13.1. The van der Waals surface area contributed by atoms with Crippen molar-refractivity contribution in [3.8, 4) is 16.9 Å². The van der Waals surface area contributed by atoms with Gasteiger partial charge in [-0.15, -0.1) is 5.10 Å². The molecule has 2 aliphatic rings. The standard InChI is InChI=1S/C34H41ClN10O2/c1-4-42-12-14-43(15-13-42)22-34(39-33(46)27-16-25(35)19-36-23(27)3)8-10-44(11-9-34)30-7-6-24(18-37-30)28-17-26(47-5-2)21-45-31(28)29-20-38-40-32(29)41-45/h6-7,16-21H,4-5,8-15,22H2,1-3H3,(H,39,46)(H,40,41). The van der Waals surface area contributed by atoms with E-state index in [9.17, 15) is 4.79 Å². The van der Waals surface area contributed by atoms with Crippen LogP contribution >= 0.6 is 11.6 Å². The van der Waals surface area contributed by atoms with E-state index in [1.165, 1.54) is 0 Å². The fourth-order valence-electron chi connectivity index (χ4n) is 6.96. The van der Waals surface area contributed by atoms with Crippen molar-refractivity contribution >= 4 is 39.9 Å². The van der Waals surface area contributed by atoms with Crippen molar-refractivity contribution in [3.05, 3.63) is 65.3 Å². The summed E-state index contributed by atoms with van der Waals surface area (Å²) in [6.07, 6.45) is 8.80. The molecule has 2 aliphatic heterocycles. The molecule has 0 aromatic carbocycles. The van der Waals surface area contributed by atoms with Gasteiger partial charge in [0.25, 0.3) is 5.91 Å². The van der Waals surface area contributed by atoms with Crippen LogP contribution in [-0.2, 0) is 0 Å². The number of halogens is 1. The average Bonchev–Trinajstić information content (AvgIpc) is 3.68. The normalized spacial score (nSPS) is 17.4. The summed E-state index contributed by atoms with van der Waals surface area (Å²) in [5.74, 6) is 1.54. The number of rotatable bonds is 9. The quantitative estimate of drug-likeness (QED) is 0.237. The molecule has 2 saturated heterocycles. The second-order valence-electron chi connectivity index (χ2n) is 12.6. The summed E-state index contributed by atoms with van der Waals surface area (Å²) < 4.78 is 7.71. The maximum absolute atomic E-state index is 13.7. The minimum absolute atomic E-state index is 0.118. The predicted octanol–water partition coefficient (Wildman–Crippen LogP) is 4.43. The van der Waals surface area contributed by atoms with E-state index < -0.39 is 0 Å². The number of fused-ring (bicyclic) bond motifs is 3. The molecule has 0 spiro atoms. The van der Waals surface area contributed by atoms with Gasteiger partial charge in [0.2, 0.25) is 0 Å². The smallest absolute Gasteiger partial charge is 0.253 e. The Morgan fingerprint density at radius 1 is 1.02 bits per heavy atom. The molecule has 12 nitrogen and oxygen atoms in total. The molecule has 5 aromatic heterocycles. The lowest BCUT2D eigenvalue weighted by Crippen LogP contribution is -2.62. The Morgan fingerprint density at radius 3 is 2.53 bits per heavy atom. The number of aryl methyl sites for hydroxylation is 1. The lowest BCUT2D eigenvalue weighted by atomic mass is 9.86. The SMILES string of the molecule is CCOc1cc(-c2ccc(N3CCC(CN4CCN(CC)CC4)(NC(=O)c4cc(Cl)cnc4C)CC3)nc2)c2c3cn[nH]c3nn2c1. The zero-order valence-corrected chi connectivity index (χ0v) is 27.9. The lowest BCUT2D eigenvalue weighted by molar-refractivity contribution is 0.0730. The summed E-state index contributed by atoms with van der Waals surface area (Å²) in [5, 5.41) is 16.7. The molecule has 0 atom stereocenters. The maximum Gasteiger partial charge on any atom is 0.253 e. The number of pyridine rings is 3. The summed E-state index contributed by atoms with van der Waals surface area (Å²) >= 11 is 6.24. The minimum Gasteiger partial charge on any atom is -0.492 e. The van der Waals surface area contributed by atoms with Gasteiger partial charge in [0.15, 0.2) is 5.65 Å². The highest BCUT2D eigenvalue weighted by Crippen LogP contribution is 2.34. The number of carbonyl (C=O) groups is 1. The number of amides is 1. The van der Waals surface area contributed by atoms with E-state index in [0.29, 0.717) is 22.9 Å². The number of nitrogens with one attached hydrogen (secondary N) is 2. The molecule has 0 bridgehead atoms. The molecule has 1 amide bonds. The van der Waals surface area contributed by atoms with Crippen LogP contribution in [0.25, 0.3) is 27.7 Å². The van der Waals surface area contributed by atoms with Gasteiger partial charge in [-0.3, -0.25) is 19.8 Å². The molecule has 2 fully saturated rings. The number of hydrogen-bond acceptors (Lipinski definition) is 9. The number of H-pyrrole nitrogens is 1. The Hall–Kier alpha value is -4.26. The van der Waals surface area contributed by atoms with E-state index in [0.717, 1.165) is 104 Å². The number of aromatic amines is 1. The average molecular weight is 657 g/mol. The van der Waals surface area contributed by atoms with Crippen LogP contribution in [0, 0.1) is 6.92 Å². The molecular weight excluding hydrogens is 616 g/mol. The van der Waals surface area contributed by atoms with Crippen LogP contribution in [0.1, 0.15) is 42.7 Å². The van der Waals surface area contributed by atoms with Gasteiger partial charge in [-0.2, -0.15) is 5.10 Å². The Morgan fingerprint density at radius 2 is 1.81 bits per heavy atom. The highest BCUT2D eigenvalue weighted by atomic mass is 35.5. The number of likely N-dealkylation sites (N-methyl/N-ethyl adjacent to an activating group) is 1. The Bertz CT molecular complexity index is 1870. The van der Waals surface area contributed by atoms with Crippen LogP contribution in [0.15, 0.2) is 49.1 Å². The fourth-order valence-corrected chi connectivity index (χ4v) is 7.12. The van der Waals surface area contributed by atoms with Gasteiger partial charge in [-0.25, -0.2) is 9.50 Å². The minimum atomic E-state index is -0.375. The predicted molar refractivity (Wildman–Crippen MR) is 183 cm³/mol. The monoisotopic (exact) mass is 656 g/mol. The number of carbonyl (C=O) groups excluding carboxylic acids is 1. The number of ether oxygens (including phenoxy) is 1. The Kier molecular flexibility index (Phi) is 8.73. The number of anilines is 1. The summed E-state index contributed by atoms with van der Waals surface area (Å²) in [7, 11) is 0. The molecule has 0 saturated carbocycles. The van der Waals surface area contributed by atoms with Crippen LogP contribution in [0.2, 0.25) is 5.02 Å². The number of hydrogen-bond donors (Lipinski definition) is 2. The Balaban J connectivity index is 1.11. The summed E-state index contributed by atoms with van der Waals surface area (Å²) in [5.41, 5.74) is 4.46. The number of piperidine rings is 1. The van der Waals surface area contributed by atoms with Crippen LogP contribution in [0.4, 0.5) is 5.82 Å². The molecule has 13 heteroatoms. The third kappa shape index (κ3) is 6.37. The highest BCUT2D eigenvalue weighted by Gasteiger charge is 2.39. The van der Waals surface area contributed by atoms with Crippen LogP contribution in [-0.4, -0.2) is 110 Å². The zero-order valence-electron chi connectivity index (χ0n) is 27.2. The molecule has 0 radical (unpaired) electrons. The lowest BCUT2D eigenvalue weighted by Gasteiger charge is -2.46. The van der Waals surface area contributed by atoms with E-state index in [2.05, 4.69) is 59.4 Å². The first-order chi connectivity index (χ1) is 22.8. The van der Waals surface area contributed by atoms with Gasteiger partial charge >= 0.3 is 0 Å². The third-order valence-corrected chi connectivity index (χ3v) is 9.84. The van der Waals surface area contributed by atoms with Crippen molar-refractivity contribution in [3.63, 3.8) is 0 Å². The van der Waals surface area contributed by atoms with Gasteiger partial charge in [0.1, 0.15) is 11.6 Å². The summed E-state index contributed by atoms with van der Waals surface area (Å²) in [6, 6.07) is 7.95. The van der Waals surface area contributed by atoms with Crippen LogP contribution in [0.3, 0.4) is 0 Å². The van der Waals surface area contributed by atoms with Crippen molar-refractivity contribution in [2.45, 2.75) is 39.2 Å². The van der Waals surface area contributed by atoms with Crippen LogP contribution in [0.5, 0.6) is 5.75 Å². The van der Waals surface area contributed by atoms with Crippen molar-refractivity contribution in [2.24, 2.45) is 0 Å². The van der Waals surface area contributed by atoms with Gasteiger partial charge in [0.05, 0.1) is 51.7 Å². The van der Waals surface area contributed by atoms with E-state index in [-0.39, 0.29) is 11.4 Å². The molecule has 0 unspecified atom stereocenters. The summed E-state index contributed by atoms with van der Waals surface area (Å²) in [6.45, 7) is 14.1. The molecular formula is C34H41ClN10O2. The van der Waals surface area contributed by atoms with Gasteiger partial charge in [0, 0.05) is 69.3 Å². The first-order valence-corrected chi connectivity index (χ1v) is 16.8. The maximum atomic E-state index is 13.7. The molecule has 7 rings (SSSR count). The fraction of sp³-hybridized carbons (Fsp3) is 0.441. The largest absolute Gasteiger partial charge is 0.492 e. The van der Waals surface area contributed by atoms with E-state index in [1.807, 2.05) is 36.8 Å². The third-order valence-electron chi connectivity index (χ3n) is 9.63. The highest BCUT2D eigenvalue weighted by molar-refractivity contribution is 6.30. The van der Waals surface area contributed by atoms with Gasteiger partial charge in [-0.1, -0.05) is 18.5 Å². The van der Waals surface area contributed by atoms with Crippen molar-refractivity contribution in [1.82, 2.24) is 44.9 Å². The molecule has 7 heterocycles. The van der Waals surface area contributed by atoms with Gasteiger partial charge in [-0.05, 0) is 57.5 Å². The number of piperazine rings is 1. The van der Waals surface area contributed by atoms with Crippen molar-refractivity contribution in [2.75, 3.05) is 63.9 Å². The van der Waals surface area contributed by atoms with Crippen molar-refractivity contribution < 1.29 is 9.53 Å². The second-order valence-corrected chi connectivity index (χ2v) is 13.0. The van der Waals surface area contributed by atoms with E-state index >= 15 is 0 Å². The first kappa shape index (κ1) is 31.3. The molecule has 5 aromatic rings.